The van der Waals surface area contributed by atoms with Crippen LogP contribution in [0, 0.1) is 29.6 Å². The molecule has 0 bridgehead atoms. The molecule has 2 nitrogen and oxygen atoms in total. The summed E-state index contributed by atoms with van der Waals surface area (Å²) in [6.07, 6.45) is 6.38. The highest BCUT2D eigenvalue weighted by Crippen LogP contribution is 2.60. The molecule has 0 aliphatic heterocycles. The molecule has 0 aromatic heterocycles. The first-order valence-electron chi connectivity index (χ1n) is 6.72. The van der Waals surface area contributed by atoms with Crippen molar-refractivity contribution >= 4 is 40.8 Å². The maximum Gasteiger partial charge on any atom is 0.311 e. The number of hydrogen-bond donors (Lipinski definition) is 0. The fraction of sp³-hybridized carbons (Fsp3) is 0.353. The molecule has 1 aromatic carbocycles. The first-order chi connectivity index (χ1) is 10.3. The van der Waals surface area contributed by atoms with Gasteiger partial charge in [0.25, 0.3) is 0 Å². The largest absolute Gasteiger partial charge is 0.444 e. The van der Waals surface area contributed by atoms with Gasteiger partial charge in [-0.2, -0.15) is 0 Å². The Morgan fingerprint density at radius 1 is 1.45 bits per heavy atom. The number of rotatable bonds is 4. The summed E-state index contributed by atoms with van der Waals surface area (Å²) in [5.74, 6) is 1.75. The Morgan fingerprint density at radius 3 is 2.68 bits per heavy atom. The van der Waals surface area contributed by atoms with E-state index in [1.165, 1.54) is 0 Å². The normalized spacial score (nSPS) is 23.1. The van der Waals surface area contributed by atoms with Crippen molar-refractivity contribution in [3.05, 3.63) is 45.4 Å². The molecule has 2 rings (SSSR count). The highest BCUT2D eigenvalue weighted by Gasteiger charge is 2.61. The standard InChI is InChI=1S/C17H15Cl3O2/c1-4-13(10-6-5-7-11(18)8-10)22-16(21)15-12(9-14(19)20)17(15,2)3/h1,5-9,12-13,15H,2-3H3. The van der Waals surface area contributed by atoms with Gasteiger partial charge in [-0.1, -0.05) is 66.7 Å². The van der Waals surface area contributed by atoms with Gasteiger partial charge >= 0.3 is 5.97 Å². The average molecular weight is 358 g/mol. The highest BCUT2D eigenvalue weighted by atomic mass is 35.5. The predicted molar refractivity (Wildman–Crippen MR) is 89.7 cm³/mol. The first-order valence-corrected chi connectivity index (χ1v) is 7.85. The summed E-state index contributed by atoms with van der Waals surface area (Å²) in [6, 6.07) is 6.95. The van der Waals surface area contributed by atoms with Crippen molar-refractivity contribution in [1.29, 1.82) is 0 Å². The highest BCUT2D eigenvalue weighted by molar-refractivity contribution is 6.55. The minimum atomic E-state index is -0.765. The van der Waals surface area contributed by atoms with Crippen molar-refractivity contribution in [3.63, 3.8) is 0 Å². The van der Waals surface area contributed by atoms with Gasteiger partial charge in [-0.15, -0.1) is 6.42 Å². The second-order valence-corrected chi connectivity index (χ2v) is 7.26. The van der Waals surface area contributed by atoms with E-state index in [1.807, 2.05) is 13.8 Å². The summed E-state index contributed by atoms with van der Waals surface area (Å²) in [4.78, 5) is 12.4. The number of halogens is 3. The van der Waals surface area contributed by atoms with Crippen LogP contribution in [0.5, 0.6) is 0 Å². The van der Waals surface area contributed by atoms with Gasteiger partial charge in [0, 0.05) is 10.6 Å². The fourth-order valence-electron chi connectivity index (χ4n) is 2.63. The van der Waals surface area contributed by atoms with E-state index in [-0.39, 0.29) is 27.7 Å². The van der Waals surface area contributed by atoms with Crippen LogP contribution in [-0.4, -0.2) is 5.97 Å². The molecule has 0 heterocycles. The lowest BCUT2D eigenvalue weighted by Crippen LogP contribution is -2.14. The molecule has 0 amide bonds. The Balaban J connectivity index is 2.12. The van der Waals surface area contributed by atoms with Gasteiger partial charge < -0.3 is 4.74 Å². The molecule has 0 saturated heterocycles. The SMILES string of the molecule is C#CC(OC(=O)C1C(C=C(Cl)Cl)C1(C)C)c1cccc(Cl)c1. The molecule has 22 heavy (non-hydrogen) atoms. The first kappa shape index (κ1) is 17.2. The molecule has 1 fully saturated rings. The zero-order valence-electron chi connectivity index (χ0n) is 12.1. The number of terminal acetylenes is 1. The minimum absolute atomic E-state index is 0.0530. The van der Waals surface area contributed by atoms with Crippen molar-refractivity contribution in [2.45, 2.75) is 20.0 Å². The van der Waals surface area contributed by atoms with Crippen molar-refractivity contribution < 1.29 is 9.53 Å². The summed E-state index contributed by atoms with van der Waals surface area (Å²) in [6.45, 7) is 3.92. The predicted octanol–water partition coefficient (Wildman–Crippen LogP) is 5.15. The number of hydrogen-bond acceptors (Lipinski definition) is 2. The third-order valence-corrected chi connectivity index (χ3v) is 4.49. The second-order valence-electron chi connectivity index (χ2n) is 5.82. The lowest BCUT2D eigenvalue weighted by atomic mass is 10.1. The molecule has 5 heteroatoms. The summed E-state index contributed by atoms with van der Waals surface area (Å²) in [7, 11) is 0. The molecule has 1 aliphatic carbocycles. The van der Waals surface area contributed by atoms with Crippen LogP contribution in [0.25, 0.3) is 0 Å². The average Bonchev–Trinajstić information content (AvgIpc) is 2.96. The third kappa shape index (κ3) is 3.60. The maximum absolute atomic E-state index is 12.4. The Hall–Kier alpha value is -1.14. The molecule has 0 spiro atoms. The zero-order chi connectivity index (χ0) is 16.5. The van der Waals surface area contributed by atoms with Crippen LogP contribution in [0.3, 0.4) is 0 Å². The lowest BCUT2D eigenvalue weighted by molar-refractivity contribution is -0.149. The van der Waals surface area contributed by atoms with E-state index in [1.54, 1.807) is 30.3 Å². The lowest BCUT2D eigenvalue weighted by Gasteiger charge is -2.13. The van der Waals surface area contributed by atoms with Gasteiger partial charge in [-0.05, 0) is 29.5 Å². The smallest absolute Gasteiger partial charge is 0.311 e. The van der Waals surface area contributed by atoms with E-state index in [2.05, 4.69) is 5.92 Å². The van der Waals surface area contributed by atoms with Gasteiger partial charge in [-0.3, -0.25) is 4.79 Å². The number of carbonyl (C=O) groups is 1. The van der Waals surface area contributed by atoms with E-state index in [4.69, 9.17) is 46.0 Å². The van der Waals surface area contributed by atoms with Gasteiger partial charge in [0.15, 0.2) is 6.10 Å². The van der Waals surface area contributed by atoms with Crippen molar-refractivity contribution in [2.75, 3.05) is 0 Å². The van der Waals surface area contributed by atoms with Crippen molar-refractivity contribution in [3.8, 4) is 12.3 Å². The maximum atomic E-state index is 12.4. The van der Waals surface area contributed by atoms with E-state index in [0.29, 0.717) is 10.6 Å². The number of carbonyl (C=O) groups excluding carboxylic acids is 1. The molecule has 1 saturated carbocycles. The van der Waals surface area contributed by atoms with Crippen LogP contribution >= 0.6 is 34.8 Å². The monoisotopic (exact) mass is 356 g/mol. The second kappa shape index (κ2) is 6.54. The van der Waals surface area contributed by atoms with Crippen LogP contribution in [-0.2, 0) is 9.53 Å². The molecule has 3 atom stereocenters. The molecular weight excluding hydrogens is 343 g/mol. The van der Waals surface area contributed by atoms with Crippen LogP contribution < -0.4 is 0 Å². The summed E-state index contributed by atoms with van der Waals surface area (Å²) in [5, 5.41) is 0.537. The Kier molecular flexibility index (Phi) is 5.12. The van der Waals surface area contributed by atoms with E-state index in [9.17, 15) is 4.79 Å². The van der Waals surface area contributed by atoms with Crippen LogP contribution in [0.4, 0.5) is 0 Å². The summed E-state index contributed by atoms with van der Waals surface area (Å²) < 4.78 is 5.61. The quantitative estimate of drug-likeness (QED) is 0.550. The Bertz CT molecular complexity index is 654. The molecule has 0 radical (unpaired) electrons. The molecule has 1 aliphatic rings. The molecular formula is C17H15Cl3O2. The Labute approximate surface area is 145 Å². The van der Waals surface area contributed by atoms with Crippen molar-refractivity contribution in [1.82, 2.24) is 0 Å². The number of esters is 1. The van der Waals surface area contributed by atoms with E-state index >= 15 is 0 Å². The molecule has 1 aromatic rings. The minimum Gasteiger partial charge on any atom is -0.444 e. The fourth-order valence-corrected chi connectivity index (χ4v) is 3.10. The number of allylic oxidation sites excluding steroid dienone is 1. The molecule has 3 unspecified atom stereocenters. The summed E-state index contributed by atoms with van der Waals surface area (Å²) >= 11 is 17.3. The van der Waals surface area contributed by atoms with Crippen LogP contribution in [0.2, 0.25) is 5.02 Å². The zero-order valence-corrected chi connectivity index (χ0v) is 14.4. The van der Waals surface area contributed by atoms with Gasteiger partial charge in [0.05, 0.1) is 5.92 Å². The molecule has 0 N–H and O–H groups in total. The van der Waals surface area contributed by atoms with Crippen LogP contribution in [0.15, 0.2) is 34.8 Å². The van der Waals surface area contributed by atoms with Crippen molar-refractivity contribution in [2.24, 2.45) is 17.3 Å². The third-order valence-electron chi connectivity index (χ3n) is 4.01. The molecule has 116 valence electrons. The number of ether oxygens (including phenoxy) is 1. The summed E-state index contributed by atoms with van der Waals surface area (Å²) in [5.41, 5.74) is 0.420. The number of benzene rings is 1. The topological polar surface area (TPSA) is 26.3 Å². The van der Waals surface area contributed by atoms with Gasteiger partial charge in [0.1, 0.15) is 4.49 Å². The van der Waals surface area contributed by atoms with E-state index < -0.39 is 6.10 Å². The Morgan fingerprint density at radius 2 is 2.14 bits per heavy atom. The van der Waals surface area contributed by atoms with E-state index in [0.717, 1.165) is 0 Å². The van der Waals surface area contributed by atoms with Crippen LogP contribution in [0.1, 0.15) is 25.5 Å². The van der Waals surface area contributed by atoms with Gasteiger partial charge in [0.2, 0.25) is 0 Å². The van der Waals surface area contributed by atoms with Gasteiger partial charge in [-0.25, -0.2) is 0 Å².